The predicted octanol–water partition coefficient (Wildman–Crippen LogP) is 3.52. The zero-order valence-electron chi connectivity index (χ0n) is 21.1. The Morgan fingerprint density at radius 1 is 1.13 bits per heavy atom. The largest absolute Gasteiger partial charge is 0.367 e. The number of fused-ring (bicyclic) bond motifs is 1. The second-order valence-corrected chi connectivity index (χ2v) is 10.4. The second kappa shape index (κ2) is 9.63. The smallest absolute Gasteiger partial charge is 0.255 e. The lowest BCUT2D eigenvalue weighted by atomic mass is 10.1. The van der Waals surface area contributed by atoms with Crippen molar-refractivity contribution in [2.75, 3.05) is 18.4 Å². The molecule has 3 N–H and O–H groups in total. The first-order chi connectivity index (χ1) is 18.4. The van der Waals surface area contributed by atoms with Gasteiger partial charge >= 0.3 is 0 Å². The molecule has 3 heterocycles. The van der Waals surface area contributed by atoms with Gasteiger partial charge in [-0.1, -0.05) is 25.3 Å². The van der Waals surface area contributed by atoms with Gasteiger partial charge in [-0.15, -0.1) is 0 Å². The third kappa shape index (κ3) is 4.42. The van der Waals surface area contributed by atoms with Crippen LogP contribution in [0.5, 0.6) is 0 Å². The number of benzene rings is 1. The van der Waals surface area contributed by atoms with Crippen molar-refractivity contribution >= 4 is 28.7 Å². The number of amides is 2. The number of hydrogen-bond acceptors (Lipinski definition) is 5. The predicted molar refractivity (Wildman–Crippen MR) is 141 cm³/mol. The van der Waals surface area contributed by atoms with Gasteiger partial charge in [0.15, 0.2) is 5.69 Å². The minimum atomic E-state index is -0.655. The Balaban J connectivity index is 1.39. The molecule has 0 bridgehead atoms. The summed E-state index contributed by atoms with van der Waals surface area (Å²) < 4.78 is 18.8. The third-order valence-electron chi connectivity index (χ3n) is 7.77. The van der Waals surface area contributed by atoms with Gasteiger partial charge in [-0.05, 0) is 50.2 Å². The topological polar surface area (TPSA) is 111 Å². The number of nitrogens with two attached hydrogens (primary N) is 1. The Kier molecular flexibility index (Phi) is 6.14. The van der Waals surface area contributed by atoms with E-state index in [1.165, 1.54) is 12.1 Å². The van der Waals surface area contributed by atoms with Gasteiger partial charge in [0.1, 0.15) is 17.2 Å². The van der Waals surface area contributed by atoms with Gasteiger partial charge in [0.05, 0.1) is 29.0 Å². The number of hydrogen-bond donors (Lipinski definition) is 2. The number of primary amides is 1. The molecular weight excluding hydrogens is 485 g/mol. The van der Waals surface area contributed by atoms with E-state index in [2.05, 4.69) is 28.7 Å². The number of aromatic nitrogens is 4. The quantitative estimate of drug-likeness (QED) is 0.386. The van der Waals surface area contributed by atoms with Crippen LogP contribution in [0.2, 0.25) is 0 Å². The van der Waals surface area contributed by atoms with Gasteiger partial charge in [-0.25, -0.2) is 14.1 Å². The lowest BCUT2D eigenvalue weighted by molar-refractivity contribution is -0.125. The van der Waals surface area contributed by atoms with Crippen LogP contribution >= 0.6 is 0 Å². The second-order valence-electron chi connectivity index (χ2n) is 10.4. The number of nitrogens with one attached hydrogen (secondary N) is 1. The number of rotatable bonds is 6. The monoisotopic (exact) mass is 515 g/mol. The van der Waals surface area contributed by atoms with Gasteiger partial charge in [-0.2, -0.15) is 5.10 Å². The number of halogens is 1. The summed E-state index contributed by atoms with van der Waals surface area (Å²) in [4.78, 5) is 31.0. The van der Waals surface area contributed by atoms with Crippen molar-refractivity contribution in [3.8, 4) is 11.8 Å². The first-order valence-corrected chi connectivity index (χ1v) is 13.2. The van der Waals surface area contributed by atoms with Gasteiger partial charge in [0, 0.05) is 31.2 Å². The fourth-order valence-corrected chi connectivity index (χ4v) is 5.61. The molecule has 196 valence electrons. The number of anilines is 1. The van der Waals surface area contributed by atoms with Crippen LogP contribution in [-0.2, 0) is 4.79 Å². The molecule has 0 spiro atoms. The highest BCUT2D eigenvalue weighted by molar-refractivity contribution is 6.00. The van der Waals surface area contributed by atoms with Crippen molar-refractivity contribution in [3.63, 3.8) is 0 Å². The number of likely N-dealkylation sites (tertiary alicyclic amines) is 1. The summed E-state index contributed by atoms with van der Waals surface area (Å²) in [5.41, 5.74) is 7.83. The highest BCUT2D eigenvalue weighted by Gasteiger charge is 2.33. The van der Waals surface area contributed by atoms with Crippen LogP contribution in [0.3, 0.4) is 0 Å². The fraction of sp³-hybridized carbons (Fsp3) is 0.429. The molecular formula is C28H30FN7O2. The number of carbonyl (C=O) groups excluding carboxylic acids is 2. The Morgan fingerprint density at radius 3 is 2.63 bits per heavy atom. The molecule has 3 aliphatic rings. The van der Waals surface area contributed by atoms with Crippen molar-refractivity contribution in [2.45, 2.75) is 63.1 Å². The molecule has 2 amide bonds. The molecule has 38 heavy (non-hydrogen) atoms. The summed E-state index contributed by atoms with van der Waals surface area (Å²) in [5, 5.41) is 8.18. The van der Waals surface area contributed by atoms with E-state index in [4.69, 9.17) is 10.8 Å². The van der Waals surface area contributed by atoms with E-state index in [1.54, 1.807) is 22.0 Å². The van der Waals surface area contributed by atoms with E-state index in [0.717, 1.165) is 44.0 Å². The van der Waals surface area contributed by atoms with E-state index < -0.39 is 11.7 Å². The summed E-state index contributed by atoms with van der Waals surface area (Å²) >= 11 is 0. The first-order valence-electron chi connectivity index (χ1n) is 13.2. The molecule has 2 saturated carbocycles. The van der Waals surface area contributed by atoms with Crippen LogP contribution in [0, 0.1) is 17.7 Å². The lowest BCUT2D eigenvalue weighted by Crippen LogP contribution is -2.28. The lowest BCUT2D eigenvalue weighted by Gasteiger charge is -2.20. The van der Waals surface area contributed by atoms with Crippen LogP contribution in [-0.4, -0.2) is 55.2 Å². The maximum atomic E-state index is 15.1. The first kappa shape index (κ1) is 24.2. The minimum Gasteiger partial charge on any atom is -0.367 e. The maximum absolute atomic E-state index is 15.1. The maximum Gasteiger partial charge on any atom is 0.255 e. The standard InChI is InChI=1S/C28H30FN7O2/c1-2-25(37)34-12-11-20(15-34)36-28(32-18-5-3-4-6-18)26(27(30)38)22(33-36)10-7-17-13-23-24(14-21(17)29)35(16-31-23)19-8-9-19/h2,13-14,16,18-20,32H,1,3-6,8-9,11-12,15H2,(H2,30,38)/t20-/m0/s1. The van der Waals surface area contributed by atoms with Gasteiger partial charge in [-0.3, -0.25) is 9.59 Å². The van der Waals surface area contributed by atoms with Crippen LogP contribution in [0.4, 0.5) is 10.2 Å². The summed E-state index contributed by atoms with van der Waals surface area (Å²) in [6, 6.07) is 3.52. The summed E-state index contributed by atoms with van der Waals surface area (Å²) in [6.45, 7) is 4.58. The average Bonchev–Trinajstić information content (AvgIpc) is 3.30. The number of nitrogens with zero attached hydrogens (tertiary/aromatic N) is 5. The van der Waals surface area contributed by atoms with Crippen molar-refractivity contribution in [1.29, 1.82) is 0 Å². The Labute approximate surface area is 219 Å². The van der Waals surface area contributed by atoms with Gasteiger partial charge in [0.25, 0.3) is 5.91 Å². The molecule has 6 rings (SSSR count). The molecule has 0 radical (unpaired) electrons. The van der Waals surface area contributed by atoms with Crippen LogP contribution in [0.15, 0.2) is 31.1 Å². The number of imidazole rings is 1. The van der Waals surface area contributed by atoms with E-state index in [-0.39, 0.29) is 34.8 Å². The Bertz CT molecular complexity index is 1500. The van der Waals surface area contributed by atoms with Gasteiger partial charge < -0.3 is 20.5 Å². The molecule has 3 aromatic rings. The summed E-state index contributed by atoms with van der Waals surface area (Å²) in [5.74, 6) is 5.05. The number of carbonyl (C=O) groups is 2. The van der Waals surface area contributed by atoms with E-state index in [9.17, 15) is 9.59 Å². The van der Waals surface area contributed by atoms with Crippen LogP contribution in [0.25, 0.3) is 11.0 Å². The average molecular weight is 516 g/mol. The van der Waals surface area contributed by atoms with Crippen LogP contribution < -0.4 is 11.1 Å². The molecule has 2 aromatic heterocycles. The molecule has 1 saturated heterocycles. The molecule has 2 aliphatic carbocycles. The van der Waals surface area contributed by atoms with Crippen molar-refractivity contribution < 1.29 is 14.0 Å². The highest BCUT2D eigenvalue weighted by atomic mass is 19.1. The zero-order chi connectivity index (χ0) is 26.4. The minimum absolute atomic E-state index is 0.143. The molecule has 1 aromatic carbocycles. The molecule has 10 heteroatoms. The van der Waals surface area contributed by atoms with Crippen molar-refractivity contribution in [2.24, 2.45) is 5.73 Å². The highest BCUT2D eigenvalue weighted by Crippen LogP contribution is 2.37. The van der Waals surface area contributed by atoms with Crippen molar-refractivity contribution in [3.05, 3.63) is 53.8 Å². The third-order valence-corrected chi connectivity index (χ3v) is 7.77. The SMILES string of the molecule is C=CC(=O)N1CC[C@H](n2nc(C#Cc3cc4ncn(C5CC5)c4cc3F)c(C(N)=O)c2NC2CCCC2)C1. The molecule has 1 atom stereocenters. The van der Waals surface area contributed by atoms with E-state index >= 15 is 4.39 Å². The molecule has 3 fully saturated rings. The van der Waals surface area contributed by atoms with Gasteiger partial charge in [0.2, 0.25) is 5.91 Å². The molecule has 0 unspecified atom stereocenters. The normalized spacial score (nSPS) is 19.5. The Hall–Kier alpha value is -4.13. The van der Waals surface area contributed by atoms with E-state index in [0.29, 0.717) is 36.9 Å². The molecule has 9 nitrogen and oxygen atoms in total. The Morgan fingerprint density at radius 2 is 1.92 bits per heavy atom. The van der Waals surface area contributed by atoms with Crippen molar-refractivity contribution in [1.82, 2.24) is 24.2 Å². The molecule has 1 aliphatic heterocycles. The summed E-state index contributed by atoms with van der Waals surface area (Å²) in [7, 11) is 0. The van der Waals surface area contributed by atoms with E-state index in [1.807, 2.05) is 4.57 Å². The van der Waals surface area contributed by atoms with Crippen LogP contribution in [0.1, 0.15) is 78.6 Å². The fourth-order valence-electron chi connectivity index (χ4n) is 5.61. The zero-order valence-corrected chi connectivity index (χ0v) is 21.1. The summed E-state index contributed by atoms with van der Waals surface area (Å²) in [6.07, 6.45) is 10.0.